The minimum atomic E-state index is 0.198. The van der Waals surface area contributed by atoms with Gasteiger partial charge < -0.3 is 9.80 Å². The van der Waals surface area contributed by atoms with Crippen LogP contribution < -0.4 is 9.80 Å². The van der Waals surface area contributed by atoms with E-state index in [4.69, 9.17) is 0 Å². The second-order valence-corrected chi connectivity index (χ2v) is 6.34. The summed E-state index contributed by atoms with van der Waals surface area (Å²) in [5, 5.41) is 4.44. The summed E-state index contributed by atoms with van der Waals surface area (Å²) in [6.45, 7) is 6.47. The van der Waals surface area contributed by atoms with Crippen molar-refractivity contribution >= 4 is 17.5 Å². The fourth-order valence-corrected chi connectivity index (χ4v) is 3.22. The van der Waals surface area contributed by atoms with Gasteiger partial charge >= 0.3 is 0 Å². The molecule has 0 bridgehead atoms. The Morgan fingerprint density at radius 1 is 1.17 bits per heavy atom. The zero-order valence-corrected chi connectivity index (χ0v) is 13.4. The number of carbonyl (C=O) groups excluding carboxylic acids is 1. The fraction of sp³-hybridized carbons (Fsp3) is 0.500. The quantitative estimate of drug-likeness (QED) is 0.859. The summed E-state index contributed by atoms with van der Waals surface area (Å²) in [7, 11) is 0. The predicted octanol–water partition coefficient (Wildman–Crippen LogP) is 1.48. The molecule has 2 fully saturated rings. The van der Waals surface area contributed by atoms with E-state index < -0.39 is 0 Å². The molecule has 7 nitrogen and oxygen atoms in total. The molecule has 2 aromatic heterocycles. The summed E-state index contributed by atoms with van der Waals surface area (Å²) in [6.07, 6.45) is 5.35. The first kappa shape index (κ1) is 14.2. The third-order valence-electron chi connectivity index (χ3n) is 4.46. The topological polar surface area (TPSA) is 67.2 Å². The van der Waals surface area contributed by atoms with Crippen LogP contribution in [0.1, 0.15) is 30.3 Å². The smallest absolute Gasteiger partial charge is 0.227 e. The van der Waals surface area contributed by atoms with Crippen LogP contribution in [0, 0.1) is 13.8 Å². The predicted molar refractivity (Wildman–Crippen MR) is 86.6 cm³/mol. The standard InChI is InChI=1S/C16H20N6O/c1-11-6-12(2)19-16(18-11)20-8-14(9-20)22-10-13(7-17-22)21-5-3-4-15(21)23/h6-7,10,14H,3-5,8-9H2,1-2H3. The molecule has 1 amide bonds. The first-order valence-corrected chi connectivity index (χ1v) is 8.02. The molecule has 7 heteroatoms. The summed E-state index contributed by atoms with van der Waals surface area (Å²) < 4.78 is 1.96. The highest BCUT2D eigenvalue weighted by Crippen LogP contribution is 2.27. The van der Waals surface area contributed by atoms with Gasteiger partial charge in [-0.05, 0) is 26.3 Å². The number of aryl methyl sites for hydroxylation is 2. The van der Waals surface area contributed by atoms with Crippen LogP contribution in [0.5, 0.6) is 0 Å². The zero-order valence-electron chi connectivity index (χ0n) is 13.4. The lowest BCUT2D eigenvalue weighted by molar-refractivity contribution is -0.117. The van der Waals surface area contributed by atoms with E-state index in [0.29, 0.717) is 12.5 Å². The maximum absolute atomic E-state index is 11.8. The molecule has 0 atom stereocenters. The van der Waals surface area contributed by atoms with Gasteiger partial charge in [0.05, 0.1) is 17.9 Å². The number of rotatable bonds is 3. The van der Waals surface area contributed by atoms with Crippen molar-refractivity contribution < 1.29 is 4.79 Å². The molecule has 0 aromatic carbocycles. The van der Waals surface area contributed by atoms with Crippen LogP contribution in [0.15, 0.2) is 18.5 Å². The van der Waals surface area contributed by atoms with Gasteiger partial charge in [0.15, 0.2) is 0 Å². The van der Waals surface area contributed by atoms with Crippen LogP contribution in [-0.4, -0.2) is 45.3 Å². The van der Waals surface area contributed by atoms with Gasteiger partial charge in [0, 0.05) is 43.6 Å². The highest BCUT2D eigenvalue weighted by molar-refractivity contribution is 5.95. The number of nitrogens with zero attached hydrogens (tertiary/aromatic N) is 6. The fourth-order valence-electron chi connectivity index (χ4n) is 3.22. The van der Waals surface area contributed by atoms with Crippen molar-refractivity contribution in [1.82, 2.24) is 19.7 Å². The molecule has 0 unspecified atom stereocenters. The molecule has 0 N–H and O–H groups in total. The van der Waals surface area contributed by atoms with Crippen molar-refractivity contribution in [2.24, 2.45) is 0 Å². The van der Waals surface area contributed by atoms with Crippen LogP contribution in [0.4, 0.5) is 11.6 Å². The van der Waals surface area contributed by atoms with Gasteiger partial charge in [-0.1, -0.05) is 0 Å². The Morgan fingerprint density at radius 2 is 1.91 bits per heavy atom. The minimum absolute atomic E-state index is 0.198. The Bertz CT molecular complexity index is 729. The monoisotopic (exact) mass is 312 g/mol. The van der Waals surface area contributed by atoms with Crippen molar-refractivity contribution in [2.75, 3.05) is 29.4 Å². The van der Waals surface area contributed by atoms with Gasteiger partial charge in [-0.25, -0.2) is 9.97 Å². The molecular formula is C16H20N6O. The van der Waals surface area contributed by atoms with Gasteiger partial charge in [-0.15, -0.1) is 0 Å². The molecule has 2 saturated heterocycles. The lowest BCUT2D eigenvalue weighted by Gasteiger charge is -2.39. The molecule has 0 saturated carbocycles. The van der Waals surface area contributed by atoms with E-state index in [-0.39, 0.29) is 5.91 Å². The van der Waals surface area contributed by atoms with Gasteiger partial charge in [0.2, 0.25) is 11.9 Å². The van der Waals surface area contributed by atoms with Gasteiger partial charge in [0.25, 0.3) is 0 Å². The highest BCUT2D eigenvalue weighted by Gasteiger charge is 2.32. The van der Waals surface area contributed by atoms with Gasteiger partial charge in [-0.2, -0.15) is 5.10 Å². The average Bonchev–Trinajstić information content (AvgIpc) is 3.05. The van der Waals surface area contributed by atoms with E-state index in [1.165, 1.54) is 0 Å². The summed E-state index contributed by atoms with van der Waals surface area (Å²) in [6, 6.07) is 2.29. The number of amides is 1. The highest BCUT2D eigenvalue weighted by atomic mass is 16.2. The van der Waals surface area contributed by atoms with Crippen molar-refractivity contribution in [3.63, 3.8) is 0 Å². The number of hydrogen-bond donors (Lipinski definition) is 0. The summed E-state index contributed by atoms with van der Waals surface area (Å²) >= 11 is 0. The zero-order chi connectivity index (χ0) is 16.0. The third-order valence-corrected chi connectivity index (χ3v) is 4.46. The molecule has 23 heavy (non-hydrogen) atoms. The maximum Gasteiger partial charge on any atom is 0.227 e. The van der Waals surface area contributed by atoms with Crippen molar-refractivity contribution in [1.29, 1.82) is 0 Å². The number of aromatic nitrogens is 4. The molecule has 4 rings (SSSR count). The van der Waals surface area contributed by atoms with Crippen LogP contribution in [0.3, 0.4) is 0 Å². The molecule has 2 aromatic rings. The normalized spacial score (nSPS) is 18.6. The molecule has 0 spiro atoms. The molecule has 4 heterocycles. The molecule has 120 valence electrons. The third kappa shape index (κ3) is 2.56. The van der Waals surface area contributed by atoms with Crippen LogP contribution in [-0.2, 0) is 4.79 Å². The Kier molecular flexibility index (Phi) is 3.28. The first-order chi connectivity index (χ1) is 11.1. The minimum Gasteiger partial charge on any atom is -0.336 e. The number of hydrogen-bond acceptors (Lipinski definition) is 5. The van der Waals surface area contributed by atoms with E-state index in [2.05, 4.69) is 20.0 Å². The van der Waals surface area contributed by atoms with Crippen molar-refractivity contribution in [3.05, 3.63) is 29.8 Å². The lowest BCUT2D eigenvalue weighted by atomic mass is 10.1. The van der Waals surface area contributed by atoms with E-state index in [0.717, 1.165) is 49.1 Å². The average molecular weight is 312 g/mol. The SMILES string of the molecule is Cc1cc(C)nc(N2CC(n3cc(N4CCCC4=O)cn3)C2)n1. The Morgan fingerprint density at radius 3 is 2.57 bits per heavy atom. The summed E-state index contributed by atoms with van der Waals surface area (Å²) in [5.41, 5.74) is 2.89. The Hall–Kier alpha value is -2.44. The second kappa shape index (κ2) is 5.33. The lowest BCUT2D eigenvalue weighted by Crippen LogP contribution is -2.48. The van der Waals surface area contributed by atoms with Crippen molar-refractivity contribution in [3.8, 4) is 0 Å². The van der Waals surface area contributed by atoms with Crippen LogP contribution >= 0.6 is 0 Å². The van der Waals surface area contributed by atoms with Gasteiger partial charge in [0.1, 0.15) is 0 Å². The van der Waals surface area contributed by atoms with E-state index in [9.17, 15) is 4.79 Å². The molecule has 0 aliphatic carbocycles. The largest absolute Gasteiger partial charge is 0.336 e. The maximum atomic E-state index is 11.8. The van der Waals surface area contributed by atoms with Gasteiger partial charge in [-0.3, -0.25) is 9.48 Å². The van der Waals surface area contributed by atoms with E-state index >= 15 is 0 Å². The first-order valence-electron chi connectivity index (χ1n) is 8.02. The molecule has 2 aliphatic heterocycles. The summed E-state index contributed by atoms with van der Waals surface area (Å²) in [4.78, 5) is 24.8. The number of carbonyl (C=O) groups is 1. The Labute approximate surface area is 134 Å². The van der Waals surface area contributed by atoms with Crippen LogP contribution in [0.25, 0.3) is 0 Å². The second-order valence-electron chi connectivity index (χ2n) is 6.34. The Balaban J connectivity index is 1.44. The summed E-state index contributed by atoms with van der Waals surface area (Å²) in [5.74, 6) is 0.990. The van der Waals surface area contributed by atoms with E-state index in [1.54, 1.807) is 6.20 Å². The molecular weight excluding hydrogens is 292 g/mol. The molecule has 0 radical (unpaired) electrons. The molecule has 2 aliphatic rings. The van der Waals surface area contributed by atoms with Crippen molar-refractivity contribution in [2.45, 2.75) is 32.7 Å². The van der Waals surface area contributed by atoms with Crippen LogP contribution in [0.2, 0.25) is 0 Å². The van der Waals surface area contributed by atoms with E-state index in [1.807, 2.05) is 35.7 Å². The number of anilines is 2.